The van der Waals surface area contributed by atoms with Crippen LogP contribution in [-0.4, -0.2) is 45.9 Å². The SMILES string of the molecule is O=C(CN1C[C@]2(C[C@@H]2F)c2c(ccc(Br)c2F)C1=O)Nc1ncc(C(F)(F)F)cn1. The Hall–Kier alpha value is -2.63. The number of anilines is 1. The van der Waals surface area contributed by atoms with Crippen LogP contribution in [0.15, 0.2) is 29.0 Å². The van der Waals surface area contributed by atoms with Gasteiger partial charge in [-0.05, 0) is 34.5 Å². The van der Waals surface area contributed by atoms with Gasteiger partial charge in [0.25, 0.3) is 5.91 Å². The van der Waals surface area contributed by atoms with Gasteiger partial charge in [-0.1, -0.05) is 0 Å². The molecule has 1 aromatic carbocycles. The molecule has 30 heavy (non-hydrogen) atoms. The molecule has 2 heterocycles. The summed E-state index contributed by atoms with van der Waals surface area (Å²) < 4.78 is 66.6. The molecule has 2 atom stereocenters. The van der Waals surface area contributed by atoms with Gasteiger partial charge < -0.3 is 4.90 Å². The van der Waals surface area contributed by atoms with E-state index in [1.807, 2.05) is 0 Å². The van der Waals surface area contributed by atoms with Crippen molar-refractivity contribution in [2.24, 2.45) is 0 Å². The van der Waals surface area contributed by atoms with E-state index in [4.69, 9.17) is 0 Å². The second-order valence-corrected chi connectivity index (χ2v) is 7.97. The Morgan fingerprint density at radius 3 is 2.50 bits per heavy atom. The number of rotatable bonds is 3. The van der Waals surface area contributed by atoms with E-state index in [0.29, 0.717) is 12.4 Å². The first-order valence-corrected chi connectivity index (χ1v) is 9.43. The van der Waals surface area contributed by atoms with Crippen LogP contribution in [-0.2, 0) is 16.4 Å². The molecular formula is C18H12BrF5N4O2. The highest BCUT2D eigenvalue weighted by atomic mass is 79.9. The number of nitrogens with zero attached hydrogens (tertiary/aromatic N) is 3. The molecule has 1 aliphatic carbocycles. The fraction of sp³-hybridized carbons (Fsp3) is 0.333. The van der Waals surface area contributed by atoms with Crippen LogP contribution in [0.5, 0.6) is 0 Å². The zero-order valence-corrected chi connectivity index (χ0v) is 16.5. The van der Waals surface area contributed by atoms with Gasteiger partial charge in [0.05, 0.1) is 15.5 Å². The van der Waals surface area contributed by atoms with Crippen molar-refractivity contribution in [1.82, 2.24) is 14.9 Å². The van der Waals surface area contributed by atoms with Gasteiger partial charge in [-0.3, -0.25) is 14.9 Å². The predicted molar refractivity (Wildman–Crippen MR) is 96.9 cm³/mol. The molecule has 0 saturated heterocycles. The van der Waals surface area contributed by atoms with Crippen molar-refractivity contribution in [3.05, 3.63) is 51.5 Å². The topological polar surface area (TPSA) is 75.2 Å². The van der Waals surface area contributed by atoms with E-state index >= 15 is 0 Å². The number of hydrogen-bond donors (Lipinski definition) is 1. The number of nitrogens with one attached hydrogen (secondary N) is 1. The van der Waals surface area contributed by atoms with E-state index in [9.17, 15) is 31.5 Å². The number of carbonyl (C=O) groups is 2. The Labute approximate surface area is 174 Å². The lowest BCUT2D eigenvalue weighted by Crippen LogP contribution is -2.48. The summed E-state index contributed by atoms with van der Waals surface area (Å²) in [5.41, 5.74) is -2.33. The van der Waals surface area contributed by atoms with Crippen LogP contribution < -0.4 is 5.32 Å². The van der Waals surface area contributed by atoms with Crippen molar-refractivity contribution in [3.63, 3.8) is 0 Å². The molecule has 6 nitrogen and oxygen atoms in total. The van der Waals surface area contributed by atoms with E-state index in [1.54, 1.807) is 0 Å². The Bertz CT molecular complexity index is 1050. The van der Waals surface area contributed by atoms with Crippen LogP contribution in [0.4, 0.5) is 27.9 Å². The Morgan fingerprint density at radius 2 is 1.93 bits per heavy atom. The van der Waals surface area contributed by atoms with Crippen LogP contribution in [0.25, 0.3) is 0 Å². The average Bonchev–Trinajstić information content (AvgIpc) is 3.30. The number of alkyl halides is 4. The molecule has 1 fully saturated rings. The Balaban J connectivity index is 1.52. The maximum absolute atomic E-state index is 14.6. The summed E-state index contributed by atoms with van der Waals surface area (Å²) >= 11 is 3.03. The van der Waals surface area contributed by atoms with Gasteiger partial charge in [-0.25, -0.2) is 18.7 Å². The number of amides is 2. The smallest absolute Gasteiger partial charge is 0.328 e. The number of benzene rings is 1. The molecule has 1 saturated carbocycles. The summed E-state index contributed by atoms with van der Waals surface area (Å²) in [4.78, 5) is 32.9. The van der Waals surface area contributed by atoms with Crippen molar-refractivity contribution in [1.29, 1.82) is 0 Å². The molecule has 0 unspecified atom stereocenters. The maximum Gasteiger partial charge on any atom is 0.419 e. The first-order chi connectivity index (χ1) is 14.0. The van der Waals surface area contributed by atoms with Crippen molar-refractivity contribution in [2.75, 3.05) is 18.4 Å². The summed E-state index contributed by atoms with van der Waals surface area (Å²) in [6.07, 6.45) is -4.95. The second-order valence-electron chi connectivity index (χ2n) is 7.11. The van der Waals surface area contributed by atoms with Crippen molar-refractivity contribution >= 4 is 33.7 Å². The molecule has 1 aliphatic heterocycles. The van der Waals surface area contributed by atoms with Gasteiger partial charge in [0.2, 0.25) is 11.9 Å². The lowest BCUT2D eigenvalue weighted by atomic mass is 9.85. The third kappa shape index (κ3) is 3.42. The van der Waals surface area contributed by atoms with Gasteiger partial charge >= 0.3 is 6.18 Å². The van der Waals surface area contributed by atoms with Crippen molar-refractivity contribution in [3.8, 4) is 0 Å². The third-order valence-electron chi connectivity index (χ3n) is 5.13. The van der Waals surface area contributed by atoms with E-state index in [0.717, 1.165) is 4.90 Å². The molecule has 1 N–H and O–H groups in total. The highest BCUT2D eigenvalue weighted by Gasteiger charge is 2.62. The number of hydrogen-bond acceptors (Lipinski definition) is 4. The van der Waals surface area contributed by atoms with E-state index in [1.165, 1.54) is 12.1 Å². The molecule has 0 radical (unpaired) electrons. The molecule has 2 amide bonds. The predicted octanol–water partition coefficient (Wildman–Crippen LogP) is 3.47. The van der Waals surface area contributed by atoms with Crippen LogP contribution >= 0.6 is 15.9 Å². The van der Waals surface area contributed by atoms with Crippen LogP contribution in [0.2, 0.25) is 0 Å². The zero-order valence-electron chi connectivity index (χ0n) is 14.9. The Morgan fingerprint density at radius 1 is 1.30 bits per heavy atom. The summed E-state index contributed by atoms with van der Waals surface area (Å²) in [7, 11) is 0. The van der Waals surface area contributed by atoms with E-state index in [2.05, 4.69) is 31.2 Å². The molecule has 4 rings (SSSR count). The van der Waals surface area contributed by atoms with Crippen LogP contribution in [0.3, 0.4) is 0 Å². The minimum atomic E-state index is -4.62. The summed E-state index contributed by atoms with van der Waals surface area (Å²) in [5.74, 6) is -2.51. The molecular weight excluding hydrogens is 479 g/mol. The van der Waals surface area contributed by atoms with Gasteiger partial charge in [0.1, 0.15) is 18.5 Å². The highest BCUT2D eigenvalue weighted by Crippen LogP contribution is 2.55. The number of aromatic nitrogens is 2. The highest BCUT2D eigenvalue weighted by molar-refractivity contribution is 9.10. The first kappa shape index (κ1) is 20.6. The number of halogens is 6. The normalized spacial score (nSPS) is 22.8. The molecule has 12 heteroatoms. The van der Waals surface area contributed by atoms with Crippen LogP contribution in [0.1, 0.15) is 27.9 Å². The Kier molecular flexibility index (Phi) is 4.79. The van der Waals surface area contributed by atoms with Crippen molar-refractivity contribution < 1.29 is 31.5 Å². The van der Waals surface area contributed by atoms with Gasteiger partial charge in [0.15, 0.2) is 0 Å². The lowest BCUT2D eigenvalue weighted by Gasteiger charge is -2.34. The standard InChI is InChI=1S/C18H12BrF5N4O2/c19-10-2-1-9-13(14(10)21)17(3-11(17)20)7-28(15(9)30)6-12(29)27-16-25-4-8(5-26-16)18(22,23)24/h1-2,4-5,11H,3,6-7H2,(H,25,26,27,29)/t11-,17-/m0/s1. The minimum Gasteiger partial charge on any atom is -0.328 e. The molecule has 2 aliphatic rings. The fourth-order valence-corrected chi connectivity index (χ4v) is 3.90. The van der Waals surface area contributed by atoms with Gasteiger partial charge in [-0.15, -0.1) is 0 Å². The maximum atomic E-state index is 14.6. The minimum absolute atomic E-state index is 0.00268. The van der Waals surface area contributed by atoms with Gasteiger partial charge in [-0.2, -0.15) is 13.2 Å². The lowest BCUT2D eigenvalue weighted by molar-refractivity contribution is -0.138. The number of fused-ring (bicyclic) bond motifs is 2. The largest absolute Gasteiger partial charge is 0.419 e. The van der Waals surface area contributed by atoms with E-state index < -0.39 is 47.5 Å². The fourth-order valence-electron chi connectivity index (χ4n) is 3.56. The summed E-state index contributed by atoms with van der Waals surface area (Å²) in [6, 6.07) is 2.69. The summed E-state index contributed by atoms with van der Waals surface area (Å²) in [6.45, 7) is -0.719. The second kappa shape index (κ2) is 6.96. The monoisotopic (exact) mass is 490 g/mol. The first-order valence-electron chi connectivity index (χ1n) is 8.64. The van der Waals surface area contributed by atoms with Gasteiger partial charge in [0, 0.05) is 30.1 Å². The average molecular weight is 491 g/mol. The molecule has 1 aromatic heterocycles. The summed E-state index contributed by atoms with van der Waals surface area (Å²) in [5, 5.41) is 2.19. The van der Waals surface area contributed by atoms with Crippen LogP contribution in [0, 0.1) is 5.82 Å². The molecule has 1 spiro atoms. The molecule has 158 valence electrons. The van der Waals surface area contributed by atoms with E-state index in [-0.39, 0.29) is 34.5 Å². The molecule has 2 aromatic rings. The van der Waals surface area contributed by atoms with Crippen molar-refractivity contribution in [2.45, 2.75) is 24.2 Å². The third-order valence-corrected chi connectivity index (χ3v) is 5.74. The molecule has 0 bridgehead atoms. The zero-order chi connectivity index (χ0) is 21.8. The number of carbonyl (C=O) groups excluding carboxylic acids is 2. The quantitative estimate of drug-likeness (QED) is 0.668.